The van der Waals surface area contributed by atoms with Gasteiger partial charge in [-0.2, -0.15) is 4.31 Å². The predicted octanol–water partition coefficient (Wildman–Crippen LogP) is -0.165. The molecule has 3 heterocycles. The molecule has 1 N–H and O–H groups in total. The summed E-state index contributed by atoms with van der Waals surface area (Å²) in [6, 6.07) is 0. The first-order valence-corrected chi connectivity index (χ1v) is 10.6. The SMILES string of the molecule is C=CC(=O)NCC(=O)N1CCN(S(=O)(=O)c2csc3c(OC)ncnc23)CC1. The summed E-state index contributed by atoms with van der Waals surface area (Å²) in [4.78, 5) is 33.0. The number of thiophene rings is 1. The Hall–Kier alpha value is -2.57. The number of nitrogens with zero attached hydrogens (tertiary/aromatic N) is 4. The van der Waals surface area contributed by atoms with E-state index in [1.165, 1.54) is 39.4 Å². The fourth-order valence-corrected chi connectivity index (χ4v) is 5.66. The summed E-state index contributed by atoms with van der Waals surface area (Å²) in [6.45, 7) is 3.96. The normalized spacial score (nSPS) is 15.4. The van der Waals surface area contributed by atoms with Gasteiger partial charge in [0.15, 0.2) is 0 Å². The molecule has 0 spiro atoms. The molecule has 1 aliphatic rings. The quantitative estimate of drug-likeness (QED) is 0.638. The Morgan fingerprint density at radius 1 is 1.32 bits per heavy atom. The van der Waals surface area contributed by atoms with Gasteiger partial charge in [-0.3, -0.25) is 9.59 Å². The maximum atomic E-state index is 13.1. The van der Waals surface area contributed by atoms with Crippen LogP contribution in [-0.4, -0.2) is 79.2 Å². The van der Waals surface area contributed by atoms with Crippen LogP contribution >= 0.6 is 11.3 Å². The van der Waals surface area contributed by atoms with E-state index in [2.05, 4.69) is 21.9 Å². The van der Waals surface area contributed by atoms with Crippen LogP contribution in [0.2, 0.25) is 0 Å². The number of hydrogen-bond donors (Lipinski definition) is 1. The molecular weight excluding hydrogens is 406 g/mol. The Bertz CT molecular complexity index is 1010. The summed E-state index contributed by atoms with van der Waals surface area (Å²) in [5, 5.41) is 3.95. The van der Waals surface area contributed by atoms with Gasteiger partial charge in [-0.25, -0.2) is 18.4 Å². The van der Waals surface area contributed by atoms with Crippen molar-refractivity contribution in [3.8, 4) is 5.88 Å². The van der Waals surface area contributed by atoms with Gasteiger partial charge < -0.3 is 15.0 Å². The number of sulfonamides is 1. The highest BCUT2D eigenvalue weighted by molar-refractivity contribution is 7.89. The second-order valence-corrected chi connectivity index (χ2v) is 8.65. The Morgan fingerprint density at radius 3 is 2.68 bits per heavy atom. The number of rotatable bonds is 6. The van der Waals surface area contributed by atoms with Crippen LogP contribution in [-0.2, 0) is 19.6 Å². The van der Waals surface area contributed by atoms with E-state index < -0.39 is 15.9 Å². The molecule has 28 heavy (non-hydrogen) atoms. The first-order valence-electron chi connectivity index (χ1n) is 8.33. The molecule has 12 heteroatoms. The number of hydrogen-bond acceptors (Lipinski definition) is 8. The van der Waals surface area contributed by atoms with Gasteiger partial charge in [0, 0.05) is 31.6 Å². The van der Waals surface area contributed by atoms with E-state index in [9.17, 15) is 18.0 Å². The van der Waals surface area contributed by atoms with Crippen molar-refractivity contribution in [1.29, 1.82) is 0 Å². The van der Waals surface area contributed by atoms with E-state index in [0.717, 1.165) is 6.08 Å². The van der Waals surface area contributed by atoms with Crippen LogP contribution in [0.3, 0.4) is 0 Å². The molecule has 0 unspecified atom stereocenters. The predicted molar refractivity (Wildman–Crippen MR) is 103 cm³/mol. The third kappa shape index (κ3) is 3.84. The fourth-order valence-electron chi connectivity index (χ4n) is 2.80. The van der Waals surface area contributed by atoms with E-state index >= 15 is 0 Å². The monoisotopic (exact) mass is 425 g/mol. The van der Waals surface area contributed by atoms with Gasteiger partial charge in [0.2, 0.25) is 27.7 Å². The Kier molecular flexibility index (Phi) is 5.91. The minimum atomic E-state index is -3.77. The molecule has 0 radical (unpaired) electrons. The number of nitrogens with one attached hydrogen (secondary N) is 1. The van der Waals surface area contributed by atoms with Gasteiger partial charge >= 0.3 is 0 Å². The largest absolute Gasteiger partial charge is 0.480 e. The maximum Gasteiger partial charge on any atom is 0.246 e. The van der Waals surface area contributed by atoms with Crippen LogP contribution in [0.5, 0.6) is 5.88 Å². The van der Waals surface area contributed by atoms with Crippen molar-refractivity contribution >= 4 is 43.4 Å². The zero-order chi connectivity index (χ0) is 20.3. The molecule has 1 aliphatic heterocycles. The van der Waals surface area contributed by atoms with Crippen molar-refractivity contribution in [2.75, 3.05) is 39.8 Å². The van der Waals surface area contributed by atoms with Crippen molar-refractivity contribution < 1.29 is 22.7 Å². The van der Waals surface area contributed by atoms with Crippen molar-refractivity contribution in [1.82, 2.24) is 24.5 Å². The summed E-state index contributed by atoms with van der Waals surface area (Å²) >= 11 is 1.20. The minimum Gasteiger partial charge on any atom is -0.480 e. The lowest BCUT2D eigenvalue weighted by atomic mass is 10.3. The summed E-state index contributed by atoms with van der Waals surface area (Å²) in [5.74, 6) is -0.379. The minimum absolute atomic E-state index is 0.103. The van der Waals surface area contributed by atoms with Gasteiger partial charge in [-0.15, -0.1) is 11.3 Å². The molecule has 3 rings (SSSR count). The molecular formula is C16H19N5O5S2. The van der Waals surface area contributed by atoms with Crippen molar-refractivity contribution in [3.05, 3.63) is 24.4 Å². The third-order valence-electron chi connectivity index (χ3n) is 4.29. The lowest BCUT2D eigenvalue weighted by Crippen LogP contribution is -2.52. The van der Waals surface area contributed by atoms with Gasteiger partial charge in [-0.1, -0.05) is 6.58 Å². The molecule has 1 saturated heterocycles. The molecule has 2 aromatic rings. The van der Waals surface area contributed by atoms with Crippen molar-refractivity contribution in [2.24, 2.45) is 0 Å². The number of amides is 2. The molecule has 0 atom stereocenters. The number of fused-ring (bicyclic) bond motifs is 1. The Balaban J connectivity index is 1.71. The van der Waals surface area contributed by atoms with E-state index in [-0.39, 0.29) is 43.5 Å². The van der Waals surface area contributed by atoms with E-state index in [1.54, 1.807) is 0 Å². The standard InChI is InChI=1S/C16H19N5O5S2/c1-3-12(22)17-8-13(23)20-4-6-21(7-5-20)28(24,25)11-9-27-15-14(11)18-10-19-16(15)26-2/h3,9-10H,1,4-8H2,2H3,(H,17,22). The molecule has 150 valence electrons. The molecule has 0 aliphatic carbocycles. The average molecular weight is 425 g/mol. The lowest BCUT2D eigenvalue weighted by Gasteiger charge is -2.33. The molecule has 0 bridgehead atoms. The first kappa shape index (κ1) is 20.2. The molecule has 0 saturated carbocycles. The number of carbonyl (C=O) groups is 2. The van der Waals surface area contributed by atoms with Crippen molar-refractivity contribution in [3.63, 3.8) is 0 Å². The highest BCUT2D eigenvalue weighted by Crippen LogP contribution is 2.34. The first-order chi connectivity index (χ1) is 13.4. The second-order valence-electron chi connectivity index (χ2n) is 5.87. The highest BCUT2D eigenvalue weighted by Gasteiger charge is 2.32. The molecule has 2 aromatic heterocycles. The molecule has 0 aromatic carbocycles. The number of piperazine rings is 1. The van der Waals surface area contributed by atoms with Crippen LogP contribution in [0.4, 0.5) is 0 Å². The summed E-state index contributed by atoms with van der Waals surface area (Å²) in [5.41, 5.74) is 0.322. The van der Waals surface area contributed by atoms with Crippen LogP contribution in [0.15, 0.2) is 29.3 Å². The van der Waals surface area contributed by atoms with Crippen molar-refractivity contribution in [2.45, 2.75) is 4.90 Å². The maximum absolute atomic E-state index is 13.1. The summed E-state index contributed by atoms with van der Waals surface area (Å²) in [6.07, 6.45) is 2.35. The Morgan fingerprint density at radius 2 is 2.04 bits per heavy atom. The highest BCUT2D eigenvalue weighted by atomic mass is 32.2. The topological polar surface area (TPSA) is 122 Å². The number of carbonyl (C=O) groups excluding carboxylic acids is 2. The smallest absolute Gasteiger partial charge is 0.246 e. The van der Waals surface area contributed by atoms with Gasteiger partial charge in [0.05, 0.1) is 13.7 Å². The van der Waals surface area contributed by atoms with E-state index in [4.69, 9.17) is 4.74 Å². The molecule has 2 amide bonds. The fraction of sp³-hybridized carbons (Fsp3) is 0.375. The summed E-state index contributed by atoms with van der Waals surface area (Å²) in [7, 11) is -2.31. The third-order valence-corrected chi connectivity index (χ3v) is 7.31. The Labute approximate surface area is 165 Å². The number of aromatic nitrogens is 2. The van der Waals surface area contributed by atoms with E-state index in [0.29, 0.717) is 16.1 Å². The van der Waals surface area contributed by atoms with Gasteiger partial charge in [0.25, 0.3) is 0 Å². The van der Waals surface area contributed by atoms with Crippen LogP contribution in [0.25, 0.3) is 10.2 Å². The van der Waals surface area contributed by atoms with Gasteiger partial charge in [-0.05, 0) is 6.08 Å². The number of ether oxygens (including phenoxy) is 1. The lowest BCUT2D eigenvalue weighted by molar-refractivity contribution is -0.133. The van der Waals surface area contributed by atoms with Crippen LogP contribution in [0, 0.1) is 0 Å². The summed E-state index contributed by atoms with van der Waals surface area (Å²) < 4.78 is 33.2. The molecule has 1 fully saturated rings. The zero-order valence-corrected chi connectivity index (χ0v) is 16.8. The molecule has 10 nitrogen and oxygen atoms in total. The van der Waals surface area contributed by atoms with E-state index in [1.807, 2.05) is 0 Å². The number of methoxy groups -OCH3 is 1. The van der Waals surface area contributed by atoms with Crippen LogP contribution < -0.4 is 10.1 Å². The zero-order valence-electron chi connectivity index (χ0n) is 15.1. The van der Waals surface area contributed by atoms with Gasteiger partial charge in [0.1, 0.15) is 21.4 Å². The van der Waals surface area contributed by atoms with Crippen LogP contribution in [0.1, 0.15) is 0 Å². The average Bonchev–Trinajstić information content (AvgIpc) is 3.16. The second kappa shape index (κ2) is 8.20.